The number of hydrogen-bond donors (Lipinski definition) is 2. The SMILES string of the molecule is CCC(CC)(OC)OCCC(O)C(O)C1COC(CC)(CC)O1. The van der Waals surface area contributed by atoms with Gasteiger partial charge in [-0.15, -0.1) is 0 Å². The predicted octanol–water partition coefficient (Wildman–Crippen LogP) is 2.21. The average molecular weight is 334 g/mol. The molecule has 0 radical (unpaired) electrons. The number of rotatable bonds is 11. The van der Waals surface area contributed by atoms with Crippen LogP contribution in [0.15, 0.2) is 0 Å². The normalized spacial score (nSPS) is 23.9. The lowest BCUT2D eigenvalue weighted by atomic mass is 10.1. The van der Waals surface area contributed by atoms with E-state index in [1.165, 1.54) is 0 Å². The zero-order chi connectivity index (χ0) is 17.5. The number of ether oxygens (including phenoxy) is 4. The van der Waals surface area contributed by atoms with Gasteiger partial charge in [-0.1, -0.05) is 27.7 Å². The lowest BCUT2D eigenvalue weighted by Crippen LogP contribution is -2.42. The first-order chi connectivity index (χ1) is 10.9. The van der Waals surface area contributed by atoms with Crippen LogP contribution in [-0.2, 0) is 18.9 Å². The molecule has 1 aliphatic heterocycles. The Morgan fingerprint density at radius 3 is 2.22 bits per heavy atom. The molecule has 0 amide bonds. The standard InChI is InChI=1S/C17H34O6/c1-6-16(7-2,20-5)21-11-10-13(18)15(19)14-12-22-17(8-3,9-4)23-14/h13-15,18-19H,6-12H2,1-5H3. The van der Waals surface area contributed by atoms with Crippen molar-refractivity contribution in [3.8, 4) is 0 Å². The summed E-state index contributed by atoms with van der Waals surface area (Å²) in [6, 6.07) is 0. The summed E-state index contributed by atoms with van der Waals surface area (Å²) in [7, 11) is 1.62. The Balaban J connectivity index is 2.45. The molecule has 1 fully saturated rings. The average Bonchev–Trinajstić information content (AvgIpc) is 3.03. The molecule has 1 heterocycles. The molecule has 0 bridgehead atoms. The van der Waals surface area contributed by atoms with Crippen molar-refractivity contribution in [3.05, 3.63) is 0 Å². The molecule has 0 spiro atoms. The molecule has 138 valence electrons. The lowest BCUT2D eigenvalue weighted by molar-refractivity contribution is -0.230. The van der Waals surface area contributed by atoms with E-state index in [1.807, 2.05) is 27.7 Å². The van der Waals surface area contributed by atoms with Crippen LogP contribution in [0.4, 0.5) is 0 Å². The fraction of sp³-hybridized carbons (Fsp3) is 1.00. The Labute approximate surface area is 140 Å². The van der Waals surface area contributed by atoms with Gasteiger partial charge in [0.1, 0.15) is 12.2 Å². The molecule has 2 N–H and O–H groups in total. The molecule has 1 saturated heterocycles. The summed E-state index contributed by atoms with van der Waals surface area (Å²) in [5.74, 6) is -1.24. The fourth-order valence-corrected chi connectivity index (χ4v) is 2.95. The molecule has 1 aliphatic rings. The van der Waals surface area contributed by atoms with E-state index in [1.54, 1.807) is 7.11 Å². The highest BCUT2D eigenvalue weighted by atomic mass is 16.7. The van der Waals surface area contributed by atoms with Crippen molar-refractivity contribution < 1.29 is 29.2 Å². The van der Waals surface area contributed by atoms with Gasteiger partial charge in [0.05, 0.1) is 19.3 Å². The minimum Gasteiger partial charge on any atom is -0.390 e. The Hall–Kier alpha value is -0.240. The van der Waals surface area contributed by atoms with Crippen LogP contribution in [0.3, 0.4) is 0 Å². The predicted molar refractivity (Wildman–Crippen MR) is 87.0 cm³/mol. The number of methoxy groups -OCH3 is 1. The summed E-state index contributed by atoms with van der Waals surface area (Å²) in [6.45, 7) is 8.58. The van der Waals surface area contributed by atoms with Gasteiger partial charge >= 0.3 is 0 Å². The zero-order valence-electron chi connectivity index (χ0n) is 15.2. The third-order valence-corrected chi connectivity index (χ3v) is 4.96. The number of aliphatic hydroxyl groups is 2. The van der Waals surface area contributed by atoms with Crippen LogP contribution >= 0.6 is 0 Å². The van der Waals surface area contributed by atoms with Gasteiger partial charge in [-0.05, 0) is 32.1 Å². The Morgan fingerprint density at radius 1 is 1.17 bits per heavy atom. The van der Waals surface area contributed by atoms with Crippen molar-refractivity contribution in [1.29, 1.82) is 0 Å². The van der Waals surface area contributed by atoms with E-state index in [-0.39, 0.29) is 0 Å². The first-order valence-electron chi connectivity index (χ1n) is 8.78. The smallest absolute Gasteiger partial charge is 0.168 e. The molecule has 0 aromatic heterocycles. The fourth-order valence-electron chi connectivity index (χ4n) is 2.95. The molecular weight excluding hydrogens is 300 g/mol. The van der Waals surface area contributed by atoms with E-state index in [9.17, 15) is 10.2 Å². The molecule has 23 heavy (non-hydrogen) atoms. The van der Waals surface area contributed by atoms with E-state index in [0.29, 0.717) is 19.6 Å². The molecule has 6 heteroatoms. The van der Waals surface area contributed by atoms with Gasteiger partial charge < -0.3 is 29.2 Å². The highest BCUT2D eigenvalue weighted by Crippen LogP contribution is 2.32. The highest BCUT2D eigenvalue weighted by Gasteiger charge is 2.43. The maximum atomic E-state index is 10.3. The molecule has 0 aliphatic carbocycles. The molecule has 0 saturated carbocycles. The van der Waals surface area contributed by atoms with Crippen LogP contribution in [0.25, 0.3) is 0 Å². The third-order valence-electron chi connectivity index (χ3n) is 4.96. The van der Waals surface area contributed by atoms with E-state index in [4.69, 9.17) is 18.9 Å². The second-order valence-electron chi connectivity index (χ2n) is 6.10. The lowest BCUT2D eigenvalue weighted by Gasteiger charge is -2.31. The van der Waals surface area contributed by atoms with Crippen molar-refractivity contribution in [3.63, 3.8) is 0 Å². The van der Waals surface area contributed by atoms with Crippen molar-refractivity contribution in [2.24, 2.45) is 0 Å². The van der Waals surface area contributed by atoms with Gasteiger partial charge in [-0.25, -0.2) is 0 Å². The van der Waals surface area contributed by atoms with Crippen molar-refractivity contribution >= 4 is 0 Å². The van der Waals surface area contributed by atoms with Crippen LogP contribution < -0.4 is 0 Å². The van der Waals surface area contributed by atoms with Crippen LogP contribution in [0.5, 0.6) is 0 Å². The van der Waals surface area contributed by atoms with Gasteiger partial charge in [0, 0.05) is 7.11 Å². The molecule has 3 unspecified atom stereocenters. The van der Waals surface area contributed by atoms with Crippen LogP contribution in [0.2, 0.25) is 0 Å². The zero-order valence-corrected chi connectivity index (χ0v) is 15.2. The second kappa shape index (κ2) is 9.30. The third kappa shape index (κ3) is 5.11. The van der Waals surface area contributed by atoms with E-state index in [0.717, 1.165) is 25.7 Å². The van der Waals surface area contributed by atoms with E-state index < -0.39 is 29.9 Å². The molecule has 3 atom stereocenters. The van der Waals surface area contributed by atoms with Crippen LogP contribution in [-0.4, -0.2) is 60.4 Å². The summed E-state index contributed by atoms with van der Waals surface area (Å²) >= 11 is 0. The number of aliphatic hydroxyl groups excluding tert-OH is 2. The summed E-state index contributed by atoms with van der Waals surface area (Å²) in [5, 5.41) is 20.5. The largest absolute Gasteiger partial charge is 0.390 e. The van der Waals surface area contributed by atoms with Gasteiger partial charge in [0.15, 0.2) is 11.6 Å². The first kappa shape index (κ1) is 20.8. The molecular formula is C17H34O6. The monoisotopic (exact) mass is 334 g/mol. The number of hydrogen-bond acceptors (Lipinski definition) is 6. The van der Waals surface area contributed by atoms with Gasteiger partial charge in [-0.3, -0.25) is 0 Å². The topological polar surface area (TPSA) is 77.4 Å². The Morgan fingerprint density at radius 2 is 1.78 bits per heavy atom. The van der Waals surface area contributed by atoms with Crippen molar-refractivity contribution in [2.45, 2.75) is 89.7 Å². The van der Waals surface area contributed by atoms with Crippen molar-refractivity contribution in [1.82, 2.24) is 0 Å². The highest BCUT2D eigenvalue weighted by molar-refractivity contribution is 4.85. The summed E-state index contributed by atoms with van der Waals surface area (Å²) in [5.41, 5.74) is 0. The Kier molecular flexibility index (Phi) is 8.41. The molecule has 0 aromatic rings. The van der Waals surface area contributed by atoms with Gasteiger partial charge in [0.2, 0.25) is 0 Å². The summed E-state index contributed by atoms with van der Waals surface area (Å²) in [4.78, 5) is 0. The van der Waals surface area contributed by atoms with Crippen molar-refractivity contribution in [2.75, 3.05) is 20.3 Å². The van der Waals surface area contributed by atoms with Gasteiger partial charge in [-0.2, -0.15) is 0 Å². The molecule has 0 aromatic carbocycles. The molecule has 6 nitrogen and oxygen atoms in total. The van der Waals surface area contributed by atoms with E-state index >= 15 is 0 Å². The van der Waals surface area contributed by atoms with Crippen LogP contribution in [0.1, 0.15) is 59.8 Å². The van der Waals surface area contributed by atoms with E-state index in [2.05, 4.69) is 0 Å². The maximum Gasteiger partial charge on any atom is 0.168 e. The maximum absolute atomic E-state index is 10.3. The van der Waals surface area contributed by atoms with Gasteiger partial charge in [0.25, 0.3) is 0 Å². The Bertz CT molecular complexity index is 319. The quantitative estimate of drug-likeness (QED) is 0.564. The summed E-state index contributed by atoms with van der Waals surface area (Å²) in [6.07, 6.45) is 0.799. The first-order valence-corrected chi connectivity index (χ1v) is 8.78. The second-order valence-corrected chi connectivity index (χ2v) is 6.10. The van der Waals surface area contributed by atoms with Crippen LogP contribution in [0, 0.1) is 0 Å². The minimum atomic E-state index is -0.987. The summed E-state index contributed by atoms with van der Waals surface area (Å²) < 4.78 is 22.7. The minimum absolute atomic E-state index is 0.298. The molecule has 1 rings (SSSR count).